The van der Waals surface area contributed by atoms with Gasteiger partial charge in [0.2, 0.25) is 5.91 Å². The third kappa shape index (κ3) is 5.74. The van der Waals surface area contributed by atoms with Crippen LogP contribution in [-0.4, -0.2) is 12.5 Å². The van der Waals surface area contributed by atoms with Crippen molar-refractivity contribution in [3.05, 3.63) is 35.9 Å². The van der Waals surface area contributed by atoms with Gasteiger partial charge in [-0.05, 0) is 37.3 Å². The van der Waals surface area contributed by atoms with Crippen LogP contribution in [0.25, 0.3) is 0 Å². The van der Waals surface area contributed by atoms with Crippen LogP contribution in [0.4, 0.5) is 0 Å². The summed E-state index contributed by atoms with van der Waals surface area (Å²) in [6.07, 6.45) is 4.56. The van der Waals surface area contributed by atoms with Crippen LogP contribution >= 0.6 is 0 Å². The molecule has 1 aromatic rings. The Bertz CT molecular complexity index is 378. The van der Waals surface area contributed by atoms with Crippen LogP contribution in [0.15, 0.2) is 30.3 Å². The molecular formula is C17H28N2O. The summed E-state index contributed by atoms with van der Waals surface area (Å²) >= 11 is 0. The van der Waals surface area contributed by atoms with E-state index in [0.29, 0.717) is 18.9 Å². The summed E-state index contributed by atoms with van der Waals surface area (Å²) in [5.74, 6) is 0.721. The summed E-state index contributed by atoms with van der Waals surface area (Å²) in [4.78, 5) is 12.1. The molecule has 20 heavy (non-hydrogen) atoms. The van der Waals surface area contributed by atoms with Crippen molar-refractivity contribution in [2.45, 2.75) is 52.0 Å². The van der Waals surface area contributed by atoms with Gasteiger partial charge in [-0.3, -0.25) is 4.79 Å². The molecule has 3 nitrogen and oxygen atoms in total. The molecule has 2 atom stereocenters. The molecule has 0 aliphatic heterocycles. The lowest BCUT2D eigenvalue weighted by molar-refractivity contribution is -0.122. The quantitative estimate of drug-likeness (QED) is 0.726. The second kappa shape index (κ2) is 9.54. The number of nitrogens with one attached hydrogen (secondary N) is 1. The fourth-order valence-corrected chi connectivity index (χ4v) is 2.50. The summed E-state index contributed by atoms with van der Waals surface area (Å²) in [6.45, 7) is 4.97. The molecule has 1 rings (SSSR count). The third-order valence-corrected chi connectivity index (χ3v) is 3.88. The molecule has 3 heteroatoms. The Balaban J connectivity index is 2.44. The fraction of sp³-hybridized carbons (Fsp3) is 0.588. The molecule has 0 aliphatic carbocycles. The fourth-order valence-electron chi connectivity index (χ4n) is 2.50. The Labute approximate surface area is 122 Å². The van der Waals surface area contributed by atoms with E-state index < -0.39 is 0 Å². The lowest BCUT2D eigenvalue weighted by Gasteiger charge is -2.19. The van der Waals surface area contributed by atoms with E-state index in [1.54, 1.807) is 0 Å². The number of hydrogen-bond acceptors (Lipinski definition) is 2. The maximum absolute atomic E-state index is 12.1. The van der Waals surface area contributed by atoms with Crippen LogP contribution in [-0.2, 0) is 4.79 Å². The first kappa shape index (κ1) is 16.7. The van der Waals surface area contributed by atoms with Crippen molar-refractivity contribution in [3.8, 4) is 0 Å². The molecule has 0 saturated heterocycles. The van der Waals surface area contributed by atoms with Crippen molar-refractivity contribution in [2.75, 3.05) is 6.54 Å². The van der Waals surface area contributed by atoms with Crippen LogP contribution in [0.3, 0.4) is 0 Å². The van der Waals surface area contributed by atoms with Crippen molar-refractivity contribution < 1.29 is 4.79 Å². The predicted octanol–water partition coefficient (Wildman–Crippen LogP) is 3.41. The number of hydrogen-bond donors (Lipinski definition) is 2. The van der Waals surface area contributed by atoms with E-state index in [1.807, 2.05) is 18.2 Å². The monoisotopic (exact) mass is 276 g/mol. The largest absolute Gasteiger partial charge is 0.349 e. The second-order valence-electron chi connectivity index (χ2n) is 5.33. The molecule has 1 amide bonds. The Morgan fingerprint density at radius 1 is 1.15 bits per heavy atom. The number of nitrogens with two attached hydrogens (primary N) is 1. The van der Waals surface area contributed by atoms with Crippen LogP contribution in [0.1, 0.15) is 57.6 Å². The Morgan fingerprint density at radius 2 is 1.85 bits per heavy atom. The number of rotatable bonds is 9. The molecule has 0 aromatic heterocycles. The molecule has 0 spiro atoms. The van der Waals surface area contributed by atoms with E-state index in [1.165, 1.54) is 5.56 Å². The molecule has 3 N–H and O–H groups in total. The average molecular weight is 276 g/mol. The van der Waals surface area contributed by atoms with Crippen LogP contribution in [0.2, 0.25) is 0 Å². The lowest BCUT2D eigenvalue weighted by atomic mass is 9.96. The van der Waals surface area contributed by atoms with Crippen molar-refractivity contribution in [1.82, 2.24) is 5.32 Å². The molecule has 0 bridgehead atoms. The van der Waals surface area contributed by atoms with Gasteiger partial charge in [-0.15, -0.1) is 0 Å². The van der Waals surface area contributed by atoms with Crippen LogP contribution < -0.4 is 11.1 Å². The first-order chi connectivity index (χ1) is 9.71. The summed E-state index contributed by atoms with van der Waals surface area (Å²) in [7, 11) is 0. The van der Waals surface area contributed by atoms with Crippen molar-refractivity contribution in [2.24, 2.45) is 11.7 Å². The van der Waals surface area contributed by atoms with Gasteiger partial charge in [-0.25, -0.2) is 0 Å². The van der Waals surface area contributed by atoms with Crippen molar-refractivity contribution >= 4 is 5.91 Å². The Kier molecular flexibility index (Phi) is 7.97. The van der Waals surface area contributed by atoms with Gasteiger partial charge in [0.15, 0.2) is 0 Å². The summed E-state index contributed by atoms with van der Waals surface area (Å²) < 4.78 is 0. The van der Waals surface area contributed by atoms with Gasteiger partial charge in [-0.1, -0.05) is 50.6 Å². The van der Waals surface area contributed by atoms with Crippen LogP contribution in [0, 0.1) is 5.92 Å². The summed E-state index contributed by atoms with van der Waals surface area (Å²) in [5.41, 5.74) is 6.77. The Hall–Kier alpha value is -1.35. The zero-order chi connectivity index (χ0) is 14.8. The summed E-state index contributed by atoms with van der Waals surface area (Å²) in [6, 6.07) is 10.3. The van der Waals surface area contributed by atoms with E-state index in [2.05, 4.69) is 31.3 Å². The molecule has 112 valence electrons. The lowest BCUT2D eigenvalue weighted by Crippen LogP contribution is -2.28. The molecule has 0 radical (unpaired) electrons. The van der Waals surface area contributed by atoms with Gasteiger partial charge in [0.25, 0.3) is 0 Å². The van der Waals surface area contributed by atoms with E-state index >= 15 is 0 Å². The standard InChI is InChI=1S/C17H28N2O/c1-3-14(12-13-18)10-11-17(20)19-16(4-2)15-8-6-5-7-9-15/h5-9,14,16H,3-4,10-13,18H2,1-2H3,(H,19,20). The molecule has 0 saturated carbocycles. The number of amides is 1. The van der Waals surface area contributed by atoms with Gasteiger partial charge in [0, 0.05) is 6.42 Å². The Morgan fingerprint density at radius 3 is 2.40 bits per heavy atom. The van der Waals surface area contributed by atoms with E-state index in [0.717, 1.165) is 25.7 Å². The summed E-state index contributed by atoms with van der Waals surface area (Å²) in [5, 5.41) is 3.13. The highest BCUT2D eigenvalue weighted by atomic mass is 16.1. The van der Waals surface area contributed by atoms with E-state index in [4.69, 9.17) is 5.73 Å². The molecule has 0 fully saturated rings. The smallest absolute Gasteiger partial charge is 0.220 e. The molecule has 2 unspecified atom stereocenters. The number of benzene rings is 1. The van der Waals surface area contributed by atoms with Gasteiger partial charge < -0.3 is 11.1 Å². The normalized spacial score (nSPS) is 13.8. The first-order valence-corrected chi connectivity index (χ1v) is 7.75. The SMILES string of the molecule is CCC(CCN)CCC(=O)NC(CC)c1ccccc1. The maximum Gasteiger partial charge on any atom is 0.220 e. The minimum Gasteiger partial charge on any atom is -0.349 e. The molecular weight excluding hydrogens is 248 g/mol. The zero-order valence-electron chi connectivity index (χ0n) is 12.8. The van der Waals surface area contributed by atoms with Crippen LogP contribution in [0.5, 0.6) is 0 Å². The second-order valence-corrected chi connectivity index (χ2v) is 5.33. The minimum atomic E-state index is 0.123. The number of carbonyl (C=O) groups excluding carboxylic acids is 1. The number of carbonyl (C=O) groups is 1. The predicted molar refractivity (Wildman–Crippen MR) is 84.3 cm³/mol. The highest BCUT2D eigenvalue weighted by molar-refractivity contribution is 5.76. The molecule has 1 aromatic carbocycles. The first-order valence-electron chi connectivity index (χ1n) is 7.75. The van der Waals surface area contributed by atoms with E-state index in [9.17, 15) is 4.79 Å². The van der Waals surface area contributed by atoms with Gasteiger partial charge in [0.1, 0.15) is 0 Å². The topological polar surface area (TPSA) is 55.1 Å². The minimum absolute atomic E-state index is 0.123. The molecule has 0 heterocycles. The van der Waals surface area contributed by atoms with Crippen molar-refractivity contribution in [3.63, 3.8) is 0 Å². The van der Waals surface area contributed by atoms with E-state index in [-0.39, 0.29) is 11.9 Å². The third-order valence-electron chi connectivity index (χ3n) is 3.88. The average Bonchev–Trinajstić information content (AvgIpc) is 2.49. The van der Waals surface area contributed by atoms with Crippen molar-refractivity contribution in [1.29, 1.82) is 0 Å². The zero-order valence-corrected chi connectivity index (χ0v) is 12.8. The maximum atomic E-state index is 12.1. The van der Waals surface area contributed by atoms with Gasteiger partial charge in [-0.2, -0.15) is 0 Å². The molecule has 0 aliphatic rings. The van der Waals surface area contributed by atoms with Gasteiger partial charge >= 0.3 is 0 Å². The van der Waals surface area contributed by atoms with Gasteiger partial charge in [0.05, 0.1) is 6.04 Å². The highest BCUT2D eigenvalue weighted by Gasteiger charge is 2.14. The highest BCUT2D eigenvalue weighted by Crippen LogP contribution is 2.18.